The van der Waals surface area contributed by atoms with Gasteiger partial charge in [0.1, 0.15) is 11.4 Å². The molecule has 0 unspecified atom stereocenters. The van der Waals surface area contributed by atoms with Crippen LogP contribution in [0.3, 0.4) is 0 Å². The quantitative estimate of drug-likeness (QED) is 0.873. The molecular weight excluding hydrogens is 296 g/mol. The van der Waals surface area contributed by atoms with E-state index in [1.54, 1.807) is 18.0 Å². The van der Waals surface area contributed by atoms with E-state index in [1.807, 2.05) is 18.2 Å². The number of nitrogens with zero attached hydrogens (tertiary/aromatic N) is 2. The number of hydrogen-bond acceptors (Lipinski definition) is 5. The Morgan fingerprint density at radius 1 is 1.30 bits per heavy atom. The molecule has 6 nitrogen and oxygen atoms in total. The van der Waals surface area contributed by atoms with Crippen LogP contribution in [-0.4, -0.2) is 46.6 Å². The van der Waals surface area contributed by atoms with Crippen molar-refractivity contribution in [1.82, 2.24) is 4.98 Å². The zero-order chi connectivity index (χ0) is 16.7. The SMILES string of the molecule is CCO.O=C1OC2(CCC(CO)CC2)CCN1c1ccccn1. The molecule has 1 spiro atoms. The molecule has 1 aromatic heterocycles. The third-order valence-electron chi connectivity index (χ3n) is 4.52. The van der Waals surface area contributed by atoms with E-state index in [-0.39, 0.29) is 24.9 Å². The zero-order valence-electron chi connectivity index (χ0n) is 13.6. The van der Waals surface area contributed by atoms with Gasteiger partial charge in [-0.3, -0.25) is 4.90 Å². The Balaban J connectivity index is 0.000000595. The average Bonchev–Trinajstić information content (AvgIpc) is 2.57. The molecule has 1 amide bonds. The molecule has 1 aliphatic heterocycles. The van der Waals surface area contributed by atoms with Crippen LogP contribution in [0.4, 0.5) is 10.6 Å². The molecule has 23 heavy (non-hydrogen) atoms. The minimum Gasteiger partial charge on any atom is -0.442 e. The second-order valence-electron chi connectivity index (χ2n) is 6.08. The highest BCUT2D eigenvalue weighted by Crippen LogP contribution is 2.40. The molecule has 3 rings (SSSR count). The number of aromatic nitrogens is 1. The number of anilines is 1. The Labute approximate surface area is 137 Å². The van der Waals surface area contributed by atoms with Gasteiger partial charge in [0.15, 0.2) is 0 Å². The maximum absolute atomic E-state index is 12.2. The van der Waals surface area contributed by atoms with Crippen LogP contribution in [0, 0.1) is 5.92 Å². The fraction of sp³-hybridized carbons (Fsp3) is 0.647. The van der Waals surface area contributed by atoms with Crippen molar-refractivity contribution in [3.05, 3.63) is 24.4 Å². The Kier molecular flexibility index (Phi) is 6.36. The molecule has 1 saturated carbocycles. The molecule has 0 radical (unpaired) electrons. The molecule has 2 aliphatic rings. The lowest BCUT2D eigenvalue weighted by atomic mass is 9.76. The minimum absolute atomic E-state index is 0.240. The van der Waals surface area contributed by atoms with Gasteiger partial charge in [0.2, 0.25) is 0 Å². The fourth-order valence-corrected chi connectivity index (χ4v) is 3.16. The van der Waals surface area contributed by atoms with Gasteiger partial charge in [-0.2, -0.15) is 0 Å². The van der Waals surface area contributed by atoms with Gasteiger partial charge in [-0.25, -0.2) is 9.78 Å². The molecule has 128 valence electrons. The number of aliphatic hydroxyl groups is 2. The van der Waals surface area contributed by atoms with Gasteiger partial charge in [0, 0.05) is 32.4 Å². The van der Waals surface area contributed by atoms with Gasteiger partial charge >= 0.3 is 6.09 Å². The number of carbonyl (C=O) groups excluding carboxylic acids is 1. The molecule has 0 bridgehead atoms. The first kappa shape index (κ1) is 17.7. The van der Waals surface area contributed by atoms with E-state index in [9.17, 15) is 9.90 Å². The normalized spacial score (nSPS) is 27.2. The van der Waals surface area contributed by atoms with Crippen LogP contribution in [0.25, 0.3) is 0 Å². The van der Waals surface area contributed by atoms with Crippen LogP contribution in [-0.2, 0) is 4.74 Å². The number of rotatable bonds is 2. The summed E-state index contributed by atoms with van der Waals surface area (Å²) in [6.45, 7) is 2.82. The number of aliphatic hydroxyl groups excluding tert-OH is 2. The molecular formula is C17H26N2O4. The van der Waals surface area contributed by atoms with Gasteiger partial charge in [0.25, 0.3) is 0 Å². The van der Waals surface area contributed by atoms with Crippen LogP contribution < -0.4 is 4.90 Å². The van der Waals surface area contributed by atoms with Crippen LogP contribution in [0.2, 0.25) is 0 Å². The van der Waals surface area contributed by atoms with E-state index >= 15 is 0 Å². The fourth-order valence-electron chi connectivity index (χ4n) is 3.16. The lowest BCUT2D eigenvalue weighted by molar-refractivity contribution is -0.0449. The average molecular weight is 322 g/mol. The molecule has 0 atom stereocenters. The highest BCUT2D eigenvalue weighted by atomic mass is 16.6. The maximum Gasteiger partial charge on any atom is 0.416 e. The summed E-state index contributed by atoms with van der Waals surface area (Å²) >= 11 is 0. The smallest absolute Gasteiger partial charge is 0.416 e. The first-order valence-corrected chi connectivity index (χ1v) is 8.27. The topological polar surface area (TPSA) is 82.9 Å². The summed E-state index contributed by atoms with van der Waals surface area (Å²) in [5, 5.41) is 16.8. The predicted octanol–water partition coefficient (Wildman–Crippen LogP) is 2.35. The Morgan fingerprint density at radius 3 is 2.52 bits per heavy atom. The standard InChI is InChI=1S/C15H20N2O3.C2H6O/c18-11-12-4-6-15(7-5-12)8-10-17(14(19)20-15)13-3-1-2-9-16-13;1-2-3/h1-3,9,12,18H,4-8,10-11H2;3H,2H2,1H3. The van der Waals surface area contributed by atoms with Crippen molar-refractivity contribution in [2.45, 2.75) is 44.6 Å². The van der Waals surface area contributed by atoms with Crippen LogP contribution in [0.1, 0.15) is 39.0 Å². The number of ether oxygens (including phenoxy) is 1. The van der Waals surface area contributed by atoms with Crippen LogP contribution >= 0.6 is 0 Å². The molecule has 2 heterocycles. The summed E-state index contributed by atoms with van der Waals surface area (Å²) in [7, 11) is 0. The Bertz CT molecular complexity index is 487. The monoisotopic (exact) mass is 322 g/mol. The molecule has 6 heteroatoms. The summed E-state index contributed by atoms with van der Waals surface area (Å²) < 4.78 is 5.74. The summed E-state index contributed by atoms with van der Waals surface area (Å²) in [5.41, 5.74) is -0.311. The van der Waals surface area contributed by atoms with Crippen molar-refractivity contribution in [3.63, 3.8) is 0 Å². The predicted molar refractivity (Wildman–Crippen MR) is 87.2 cm³/mol. The van der Waals surface area contributed by atoms with Crippen molar-refractivity contribution in [2.24, 2.45) is 5.92 Å². The second-order valence-corrected chi connectivity index (χ2v) is 6.08. The summed E-state index contributed by atoms with van der Waals surface area (Å²) in [4.78, 5) is 18.0. The lowest BCUT2D eigenvalue weighted by Gasteiger charge is -2.44. The van der Waals surface area contributed by atoms with Crippen LogP contribution in [0.15, 0.2) is 24.4 Å². The van der Waals surface area contributed by atoms with Crippen molar-refractivity contribution < 1.29 is 19.7 Å². The van der Waals surface area contributed by atoms with E-state index in [2.05, 4.69) is 4.98 Å². The van der Waals surface area contributed by atoms with Gasteiger partial charge in [0.05, 0.1) is 0 Å². The molecule has 2 N–H and O–H groups in total. The summed E-state index contributed by atoms with van der Waals surface area (Å²) in [6.07, 6.45) is 5.82. The van der Waals surface area contributed by atoms with Crippen molar-refractivity contribution in [1.29, 1.82) is 0 Å². The Morgan fingerprint density at radius 2 is 2.00 bits per heavy atom. The molecule has 0 aromatic carbocycles. The molecule has 1 aromatic rings. The second kappa shape index (κ2) is 8.26. The highest BCUT2D eigenvalue weighted by Gasteiger charge is 2.43. The first-order chi connectivity index (χ1) is 11.1. The van der Waals surface area contributed by atoms with E-state index in [0.29, 0.717) is 18.3 Å². The third-order valence-corrected chi connectivity index (χ3v) is 4.52. The number of pyridine rings is 1. The minimum atomic E-state index is -0.311. The summed E-state index contributed by atoms with van der Waals surface area (Å²) in [5.74, 6) is 1.02. The van der Waals surface area contributed by atoms with Crippen molar-refractivity contribution in [2.75, 3.05) is 24.7 Å². The van der Waals surface area contributed by atoms with E-state index in [0.717, 1.165) is 32.1 Å². The van der Waals surface area contributed by atoms with E-state index in [4.69, 9.17) is 9.84 Å². The van der Waals surface area contributed by atoms with Crippen molar-refractivity contribution >= 4 is 11.9 Å². The molecule has 1 aliphatic carbocycles. The van der Waals surface area contributed by atoms with E-state index in [1.165, 1.54) is 0 Å². The highest BCUT2D eigenvalue weighted by molar-refractivity contribution is 5.87. The zero-order valence-corrected chi connectivity index (χ0v) is 13.6. The van der Waals surface area contributed by atoms with Crippen LogP contribution in [0.5, 0.6) is 0 Å². The number of hydrogen-bond donors (Lipinski definition) is 2. The van der Waals surface area contributed by atoms with Gasteiger partial charge < -0.3 is 14.9 Å². The summed E-state index contributed by atoms with van der Waals surface area (Å²) in [6, 6.07) is 5.52. The van der Waals surface area contributed by atoms with Gasteiger partial charge in [-0.05, 0) is 50.7 Å². The van der Waals surface area contributed by atoms with Gasteiger partial charge in [-0.15, -0.1) is 0 Å². The van der Waals surface area contributed by atoms with E-state index < -0.39 is 0 Å². The lowest BCUT2D eigenvalue weighted by Crippen LogP contribution is -2.51. The van der Waals surface area contributed by atoms with Gasteiger partial charge in [-0.1, -0.05) is 6.07 Å². The maximum atomic E-state index is 12.2. The first-order valence-electron chi connectivity index (χ1n) is 8.27. The van der Waals surface area contributed by atoms with Crippen molar-refractivity contribution in [3.8, 4) is 0 Å². The molecule has 2 fully saturated rings. The number of amides is 1. The third kappa shape index (κ3) is 4.42. The largest absolute Gasteiger partial charge is 0.442 e. The number of carbonyl (C=O) groups is 1. The molecule has 1 saturated heterocycles. The Hall–Kier alpha value is -1.66.